The van der Waals surface area contributed by atoms with Crippen LogP contribution in [-0.4, -0.2) is 7.11 Å². The van der Waals surface area contributed by atoms with Gasteiger partial charge in [0.1, 0.15) is 29.4 Å². The van der Waals surface area contributed by atoms with Gasteiger partial charge < -0.3 is 13.9 Å². The molecule has 0 N–H and O–H groups in total. The molecule has 4 rings (SSSR count). The number of ether oxygens (including phenoxy) is 2. The fourth-order valence-electron chi connectivity index (χ4n) is 3.21. The van der Waals surface area contributed by atoms with Crippen LogP contribution in [-0.2, 0) is 6.61 Å². The molecule has 0 amide bonds. The molecule has 0 aliphatic heterocycles. The number of hydrogen-bond acceptors (Lipinski definition) is 4. The van der Waals surface area contributed by atoms with Gasteiger partial charge in [-0.1, -0.05) is 42.5 Å². The molecule has 0 saturated carbocycles. The van der Waals surface area contributed by atoms with Crippen molar-refractivity contribution in [3.8, 4) is 22.6 Å². The Hall–Kier alpha value is -3.53. The SMILES string of the molecule is COc1ccc(-c2c(C)oc3cc(OCc4ccccc4)ccc3c2=O)cc1. The minimum atomic E-state index is -0.0569. The van der Waals surface area contributed by atoms with Crippen LogP contribution >= 0.6 is 0 Å². The maximum Gasteiger partial charge on any atom is 0.200 e. The average molecular weight is 372 g/mol. The zero-order valence-electron chi connectivity index (χ0n) is 15.8. The number of aryl methyl sites for hydroxylation is 1. The lowest BCUT2D eigenvalue weighted by Crippen LogP contribution is -2.07. The smallest absolute Gasteiger partial charge is 0.200 e. The van der Waals surface area contributed by atoms with Crippen molar-refractivity contribution < 1.29 is 13.9 Å². The minimum absolute atomic E-state index is 0.0569. The minimum Gasteiger partial charge on any atom is -0.497 e. The Morgan fingerprint density at radius 2 is 1.61 bits per heavy atom. The second-order valence-corrected chi connectivity index (χ2v) is 6.52. The summed E-state index contributed by atoms with van der Waals surface area (Å²) in [6.07, 6.45) is 0. The molecule has 0 saturated heterocycles. The summed E-state index contributed by atoms with van der Waals surface area (Å²) in [4.78, 5) is 13.1. The first-order chi connectivity index (χ1) is 13.7. The maximum atomic E-state index is 13.1. The number of rotatable bonds is 5. The molecular weight excluding hydrogens is 352 g/mol. The van der Waals surface area contributed by atoms with E-state index in [1.54, 1.807) is 32.2 Å². The van der Waals surface area contributed by atoms with Gasteiger partial charge in [0.05, 0.1) is 18.1 Å². The van der Waals surface area contributed by atoms with Crippen LogP contribution in [0.3, 0.4) is 0 Å². The van der Waals surface area contributed by atoms with E-state index >= 15 is 0 Å². The standard InChI is InChI=1S/C24H20O4/c1-16-23(18-8-10-19(26-2)11-9-18)24(25)21-13-12-20(14-22(21)28-16)27-15-17-6-4-3-5-7-17/h3-14H,15H2,1-2H3. The van der Waals surface area contributed by atoms with Crippen molar-refractivity contribution in [2.45, 2.75) is 13.5 Å². The molecule has 0 atom stereocenters. The van der Waals surface area contributed by atoms with Gasteiger partial charge >= 0.3 is 0 Å². The molecule has 0 fully saturated rings. The highest BCUT2D eigenvalue weighted by Gasteiger charge is 2.14. The molecule has 28 heavy (non-hydrogen) atoms. The molecule has 1 aromatic heterocycles. The Morgan fingerprint density at radius 3 is 2.32 bits per heavy atom. The maximum absolute atomic E-state index is 13.1. The third kappa shape index (κ3) is 3.49. The van der Waals surface area contributed by atoms with Crippen molar-refractivity contribution in [2.75, 3.05) is 7.11 Å². The molecule has 0 aliphatic carbocycles. The molecule has 4 nitrogen and oxygen atoms in total. The van der Waals surface area contributed by atoms with E-state index in [1.165, 1.54) is 0 Å². The molecule has 0 radical (unpaired) electrons. The van der Waals surface area contributed by atoms with E-state index in [2.05, 4.69) is 0 Å². The van der Waals surface area contributed by atoms with Gasteiger partial charge in [-0.3, -0.25) is 4.79 Å². The van der Waals surface area contributed by atoms with E-state index in [-0.39, 0.29) is 5.43 Å². The van der Waals surface area contributed by atoms with Gasteiger partial charge in [0.25, 0.3) is 0 Å². The predicted octanol–water partition coefficient (Wildman–Crippen LogP) is 5.36. The normalized spacial score (nSPS) is 10.8. The van der Waals surface area contributed by atoms with Crippen LogP contribution in [0.25, 0.3) is 22.1 Å². The van der Waals surface area contributed by atoms with E-state index in [0.717, 1.165) is 16.9 Å². The Bertz CT molecular complexity index is 1160. The molecule has 4 heteroatoms. The summed E-state index contributed by atoms with van der Waals surface area (Å²) in [5, 5.41) is 0.531. The summed E-state index contributed by atoms with van der Waals surface area (Å²) in [6.45, 7) is 2.26. The van der Waals surface area contributed by atoms with Crippen LogP contribution < -0.4 is 14.9 Å². The molecule has 4 aromatic rings. The van der Waals surface area contributed by atoms with E-state index in [0.29, 0.717) is 34.6 Å². The quantitative estimate of drug-likeness (QED) is 0.473. The molecule has 0 spiro atoms. The van der Waals surface area contributed by atoms with Crippen LogP contribution in [0.4, 0.5) is 0 Å². The lowest BCUT2D eigenvalue weighted by Gasteiger charge is -2.10. The number of fused-ring (bicyclic) bond motifs is 1. The van der Waals surface area contributed by atoms with E-state index in [1.807, 2.05) is 54.6 Å². The number of hydrogen-bond donors (Lipinski definition) is 0. The zero-order valence-corrected chi connectivity index (χ0v) is 15.8. The van der Waals surface area contributed by atoms with Gasteiger partial charge in [0.2, 0.25) is 5.43 Å². The number of benzene rings is 3. The molecule has 0 bridgehead atoms. The summed E-state index contributed by atoms with van der Waals surface area (Å²) < 4.78 is 17.0. The van der Waals surface area contributed by atoms with Crippen LogP contribution in [0.2, 0.25) is 0 Å². The molecule has 3 aromatic carbocycles. The van der Waals surface area contributed by atoms with Gasteiger partial charge in [-0.2, -0.15) is 0 Å². The summed E-state index contributed by atoms with van der Waals surface area (Å²) in [6, 6.07) is 22.6. The molecular formula is C24H20O4. The van der Waals surface area contributed by atoms with E-state index < -0.39 is 0 Å². The fraction of sp³-hybridized carbons (Fsp3) is 0.125. The summed E-state index contributed by atoms with van der Waals surface area (Å²) in [5.74, 6) is 1.98. The molecule has 0 aliphatic rings. The van der Waals surface area contributed by atoms with Crippen LogP contribution in [0.5, 0.6) is 11.5 Å². The Kier molecular flexibility index (Phi) is 4.85. The number of methoxy groups -OCH3 is 1. The topological polar surface area (TPSA) is 48.7 Å². The van der Waals surface area contributed by atoms with Crippen LogP contribution in [0, 0.1) is 6.92 Å². The first-order valence-corrected chi connectivity index (χ1v) is 9.04. The Morgan fingerprint density at radius 1 is 0.893 bits per heavy atom. The lowest BCUT2D eigenvalue weighted by molar-refractivity contribution is 0.306. The van der Waals surface area contributed by atoms with Crippen molar-refractivity contribution in [2.24, 2.45) is 0 Å². The second kappa shape index (κ2) is 7.61. The van der Waals surface area contributed by atoms with Gasteiger partial charge in [-0.25, -0.2) is 0 Å². The van der Waals surface area contributed by atoms with Gasteiger partial charge in [0.15, 0.2) is 0 Å². The highest BCUT2D eigenvalue weighted by Crippen LogP contribution is 2.27. The van der Waals surface area contributed by atoms with Gasteiger partial charge in [-0.05, 0) is 42.3 Å². The van der Waals surface area contributed by atoms with E-state index in [9.17, 15) is 4.79 Å². The highest BCUT2D eigenvalue weighted by atomic mass is 16.5. The average Bonchev–Trinajstić information content (AvgIpc) is 2.73. The summed E-state index contributed by atoms with van der Waals surface area (Å²) in [7, 11) is 1.61. The second-order valence-electron chi connectivity index (χ2n) is 6.52. The zero-order chi connectivity index (χ0) is 19.5. The van der Waals surface area contributed by atoms with E-state index in [4.69, 9.17) is 13.9 Å². The van der Waals surface area contributed by atoms with Crippen molar-refractivity contribution in [3.05, 3.63) is 94.3 Å². The predicted molar refractivity (Wildman–Crippen MR) is 110 cm³/mol. The summed E-state index contributed by atoms with van der Waals surface area (Å²) in [5.41, 5.74) is 2.91. The molecule has 140 valence electrons. The van der Waals surface area contributed by atoms with Crippen molar-refractivity contribution in [3.63, 3.8) is 0 Å². The van der Waals surface area contributed by atoms with Crippen molar-refractivity contribution in [1.82, 2.24) is 0 Å². The molecule has 1 heterocycles. The van der Waals surface area contributed by atoms with Crippen molar-refractivity contribution in [1.29, 1.82) is 0 Å². The van der Waals surface area contributed by atoms with Crippen LogP contribution in [0.15, 0.2) is 82.0 Å². The van der Waals surface area contributed by atoms with Crippen LogP contribution in [0.1, 0.15) is 11.3 Å². The lowest BCUT2D eigenvalue weighted by atomic mass is 10.0. The summed E-state index contributed by atoms with van der Waals surface area (Å²) >= 11 is 0. The van der Waals surface area contributed by atoms with Gasteiger partial charge in [0, 0.05) is 6.07 Å². The first kappa shape index (κ1) is 17.9. The molecule has 0 unspecified atom stereocenters. The first-order valence-electron chi connectivity index (χ1n) is 9.04. The van der Waals surface area contributed by atoms with Gasteiger partial charge in [-0.15, -0.1) is 0 Å². The fourth-order valence-corrected chi connectivity index (χ4v) is 3.21. The Balaban J connectivity index is 1.68. The van der Waals surface area contributed by atoms with Crippen molar-refractivity contribution >= 4 is 11.0 Å². The largest absolute Gasteiger partial charge is 0.497 e. The Labute approximate surface area is 163 Å². The third-order valence-electron chi connectivity index (χ3n) is 4.67. The highest BCUT2D eigenvalue weighted by molar-refractivity contribution is 5.83. The third-order valence-corrected chi connectivity index (χ3v) is 4.67. The monoisotopic (exact) mass is 372 g/mol.